The fourth-order valence-electron chi connectivity index (χ4n) is 3.39. The van der Waals surface area contributed by atoms with Crippen LogP contribution in [0.1, 0.15) is 36.9 Å². The summed E-state index contributed by atoms with van der Waals surface area (Å²) in [4.78, 5) is 14.9. The molecule has 1 atom stereocenters. The van der Waals surface area contributed by atoms with Crippen molar-refractivity contribution in [1.82, 2.24) is 10.2 Å². The predicted octanol–water partition coefficient (Wildman–Crippen LogP) is 4.20. The fourth-order valence-corrected chi connectivity index (χ4v) is 3.69. The molecule has 1 amide bonds. The Labute approximate surface area is 171 Å². The molecule has 2 aromatic rings. The maximum Gasteiger partial charge on any atom is 0.234 e. The van der Waals surface area contributed by atoms with Gasteiger partial charge in [-0.3, -0.25) is 9.69 Å². The fraction of sp³-hybridized carbons (Fsp3) is 0.409. The third kappa shape index (κ3) is 4.97. The van der Waals surface area contributed by atoms with E-state index in [2.05, 4.69) is 17.1 Å². The summed E-state index contributed by atoms with van der Waals surface area (Å²) >= 11 is 6.37. The number of amides is 1. The normalized spacial score (nSPS) is 14.6. The molecule has 28 heavy (non-hydrogen) atoms. The standard InChI is InChI=1S/C22H27ClN2O3/c1-15(18-6-4-5-7-19(18)23)25(17-9-10-17)14-22(26)24-13-16-8-11-20(27-2)21(12-16)28-3/h4-8,11-12,15,17H,9-10,13-14H2,1-3H3,(H,24,26). The third-order valence-electron chi connectivity index (χ3n) is 5.13. The van der Waals surface area contributed by atoms with Crippen LogP contribution in [0.15, 0.2) is 42.5 Å². The van der Waals surface area contributed by atoms with Gasteiger partial charge < -0.3 is 14.8 Å². The van der Waals surface area contributed by atoms with E-state index in [-0.39, 0.29) is 11.9 Å². The van der Waals surface area contributed by atoms with E-state index in [1.165, 1.54) is 0 Å². The first kappa shape index (κ1) is 20.5. The Morgan fingerprint density at radius 2 is 1.89 bits per heavy atom. The van der Waals surface area contributed by atoms with Crippen molar-refractivity contribution in [2.45, 2.75) is 38.4 Å². The lowest BCUT2D eigenvalue weighted by molar-refractivity contribution is -0.123. The summed E-state index contributed by atoms with van der Waals surface area (Å²) in [5.74, 6) is 1.33. The Kier molecular flexibility index (Phi) is 6.81. The van der Waals surface area contributed by atoms with Crippen LogP contribution in [0.25, 0.3) is 0 Å². The molecule has 0 saturated heterocycles. The minimum Gasteiger partial charge on any atom is -0.493 e. The molecule has 0 radical (unpaired) electrons. The molecule has 1 unspecified atom stereocenters. The zero-order valence-corrected chi connectivity index (χ0v) is 17.3. The van der Waals surface area contributed by atoms with Gasteiger partial charge in [0.2, 0.25) is 5.91 Å². The topological polar surface area (TPSA) is 50.8 Å². The maximum absolute atomic E-state index is 12.6. The zero-order chi connectivity index (χ0) is 20.1. The summed E-state index contributed by atoms with van der Waals surface area (Å²) in [6.07, 6.45) is 2.25. The van der Waals surface area contributed by atoms with Crippen LogP contribution < -0.4 is 14.8 Å². The molecule has 0 bridgehead atoms. The van der Waals surface area contributed by atoms with Gasteiger partial charge in [-0.15, -0.1) is 0 Å². The van der Waals surface area contributed by atoms with Gasteiger partial charge in [-0.2, -0.15) is 0 Å². The second-order valence-electron chi connectivity index (χ2n) is 7.07. The Bertz CT molecular complexity index is 823. The monoisotopic (exact) mass is 402 g/mol. The van der Waals surface area contributed by atoms with Crippen LogP contribution in [0.5, 0.6) is 11.5 Å². The first-order valence-electron chi connectivity index (χ1n) is 9.51. The van der Waals surface area contributed by atoms with E-state index >= 15 is 0 Å². The number of nitrogens with zero attached hydrogens (tertiary/aromatic N) is 1. The Hall–Kier alpha value is -2.24. The van der Waals surface area contributed by atoms with E-state index in [0.717, 1.165) is 29.0 Å². The van der Waals surface area contributed by atoms with Gasteiger partial charge in [0, 0.05) is 23.7 Å². The number of methoxy groups -OCH3 is 2. The average Bonchev–Trinajstić information content (AvgIpc) is 3.55. The highest BCUT2D eigenvalue weighted by atomic mass is 35.5. The lowest BCUT2D eigenvalue weighted by atomic mass is 10.1. The summed E-state index contributed by atoms with van der Waals surface area (Å²) in [7, 11) is 3.20. The van der Waals surface area contributed by atoms with Crippen LogP contribution in [0.4, 0.5) is 0 Å². The van der Waals surface area contributed by atoms with Crippen molar-refractivity contribution in [2.75, 3.05) is 20.8 Å². The molecule has 3 rings (SSSR count). The van der Waals surface area contributed by atoms with Crippen LogP contribution >= 0.6 is 11.6 Å². The van der Waals surface area contributed by atoms with Gasteiger partial charge in [0.05, 0.1) is 20.8 Å². The van der Waals surface area contributed by atoms with Gasteiger partial charge in [0.1, 0.15) is 0 Å². The number of carbonyl (C=O) groups is 1. The Morgan fingerprint density at radius 1 is 1.18 bits per heavy atom. The van der Waals surface area contributed by atoms with E-state index in [0.29, 0.717) is 30.6 Å². The molecule has 6 heteroatoms. The molecule has 0 heterocycles. The summed E-state index contributed by atoms with van der Waals surface area (Å²) in [5, 5.41) is 3.75. The molecule has 1 N–H and O–H groups in total. The van der Waals surface area contributed by atoms with Gasteiger partial charge >= 0.3 is 0 Å². The number of hydrogen-bond acceptors (Lipinski definition) is 4. The Morgan fingerprint density at radius 3 is 2.54 bits per heavy atom. The average molecular weight is 403 g/mol. The molecule has 150 valence electrons. The summed E-state index contributed by atoms with van der Waals surface area (Å²) in [6, 6.07) is 14.0. The largest absolute Gasteiger partial charge is 0.493 e. The number of rotatable bonds is 9. The van der Waals surface area contributed by atoms with Crippen molar-refractivity contribution in [3.05, 3.63) is 58.6 Å². The van der Waals surface area contributed by atoms with Crippen LogP contribution in [0, 0.1) is 0 Å². The second kappa shape index (κ2) is 9.30. The van der Waals surface area contributed by atoms with Gasteiger partial charge in [-0.25, -0.2) is 0 Å². The quantitative estimate of drug-likeness (QED) is 0.683. The number of hydrogen-bond donors (Lipinski definition) is 1. The van der Waals surface area contributed by atoms with Crippen LogP contribution in [-0.2, 0) is 11.3 Å². The molecule has 0 spiro atoms. The Balaban J connectivity index is 1.62. The van der Waals surface area contributed by atoms with Crippen molar-refractivity contribution in [2.24, 2.45) is 0 Å². The summed E-state index contributed by atoms with van der Waals surface area (Å²) < 4.78 is 10.6. The molecule has 1 saturated carbocycles. The summed E-state index contributed by atoms with van der Waals surface area (Å²) in [6.45, 7) is 2.91. The van der Waals surface area contributed by atoms with Crippen molar-refractivity contribution >= 4 is 17.5 Å². The molecule has 2 aromatic carbocycles. The minimum absolute atomic E-state index is 0.000545. The zero-order valence-electron chi connectivity index (χ0n) is 16.6. The molecule has 1 aliphatic carbocycles. The highest BCUT2D eigenvalue weighted by Crippen LogP contribution is 2.36. The highest BCUT2D eigenvalue weighted by molar-refractivity contribution is 6.31. The first-order valence-corrected chi connectivity index (χ1v) is 9.89. The summed E-state index contributed by atoms with van der Waals surface area (Å²) in [5.41, 5.74) is 2.02. The second-order valence-corrected chi connectivity index (χ2v) is 7.47. The number of ether oxygens (including phenoxy) is 2. The lowest BCUT2D eigenvalue weighted by Gasteiger charge is -2.29. The smallest absolute Gasteiger partial charge is 0.234 e. The number of nitrogens with one attached hydrogen (secondary N) is 1. The van der Waals surface area contributed by atoms with Gasteiger partial charge in [0.25, 0.3) is 0 Å². The molecular formula is C22H27ClN2O3. The molecule has 0 aliphatic heterocycles. The van der Waals surface area contributed by atoms with Crippen LogP contribution in [-0.4, -0.2) is 37.6 Å². The van der Waals surface area contributed by atoms with Crippen molar-refractivity contribution in [3.8, 4) is 11.5 Å². The van der Waals surface area contributed by atoms with E-state index in [1.807, 2.05) is 42.5 Å². The number of halogens is 1. The molecule has 0 aromatic heterocycles. The maximum atomic E-state index is 12.6. The van der Waals surface area contributed by atoms with E-state index in [1.54, 1.807) is 14.2 Å². The van der Waals surface area contributed by atoms with E-state index < -0.39 is 0 Å². The highest BCUT2D eigenvalue weighted by Gasteiger charge is 2.34. The van der Waals surface area contributed by atoms with Gasteiger partial charge in [-0.1, -0.05) is 35.9 Å². The molecule has 1 aliphatic rings. The first-order chi connectivity index (χ1) is 13.5. The minimum atomic E-state index is 0.000545. The van der Waals surface area contributed by atoms with Crippen molar-refractivity contribution in [3.63, 3.8) is 0 Å². The van der Waals surface area contributed by atoms with Crippen molar-refractivity contribution < 1.29 is 14.3 Å². The van der Waals surface area contributed by atoms with Gasteiger partial charge in [-0.05, 0) is 49.1 Å². The van der Waals surface area contributed by atoms with Crippen LogP contribution in [0.2, 0.25) is 5.02 Å². The SMILES string of the molecule is COc1ccc(CNC(=O)CN(C2CC2)C(C)c2ccccc2Cl)cc1OC. The van der Waals surface area contributed by atoms with E-state index in [4.69, 9.17) is 21.1 Å². The van der Waals surface area contributed by atoms with E-state index in [9.17, 15) is 4.79 Å². The lowest BCUT2D eigenvalue weighted by Crippen LogP contribution is -2.39. The third-order valence-corrected chi connectivity index (χ3v) is 5.48. The van der Waals surface area contributed by atoms with Crippen molar-refractivity contribution in [1.29, 1.82) is 0 Å². The number of benzene rings is 2. The molecule has 5 nitrogen and oxygen atoms in total. The molecular weight excluding hydrogens is 376 g/mol. The number of carbonyl (C=O) groups excluding carboxylic acids is 1. The molecule has 1 fully saturated rings. The van der Waals surface area contributed by atoms with Gasteiger partial charge in [0.15, 0.2) is 11.5 Å². The van der Waals surface area contributed by atoms with Crippen LogP contribution in [0.3, 0.4) is 0 Å². The predicted molar refractivity (Wildman–Crippen MR) is 111 cm³/mol.